The van der Waals surface area contributed by atoms with E-state index in [0.717, 1.165) is 43.5 Å². The molecule has 1 aromatic carbocycles. The van der Waals surface area contributed by atoms with Crippen molar-refractivity contribution in [2.75, 3.05) is 40.0 Å². The van der Waals surface area contributed by atoms with Crippen molar-refractivity contribution < 1.29 is 19.2 Å². The van der Waals surface area contributed by atoms with E-state index in [-0.39, 0.29) is 24.0 Å². The van der Waals surface area contributed by atoms with Gasteiger partial charge in [-0.15, -0.1) is 11.3 Å². The molecule has 2 aromatic rings. The second-order valence-corrected chi connectivity index (χ2v) is 7.33. The normalized spacial score (nSPS) is 14.6. The van der Waals surface area contributed by atoms with Gasteiger partial charge in [0.25, 0.3) is 5.91 Å². The van der Waals surface area contributed by atoms with Gasteiger partial charge in [0.2, 0.25) is 0 Å². The van der Waals surface area contributed by atoms with E-state index in [1.165, 1.54) is 17.0 Å². The summed E-state index contributed by atoms with van der Waals surface area (Å²) in [6.07, 6.45) is 0. The number of carbonyl (C=O) groups is 1. The monoisotopic (exact) mass is 406 g/mol. The molecule has 1 aliphatic rings. The van der Waals surface area contributed by atoms with Crippen molar-refractivity contribution in [3.63, 3.8) is 0 Å². The number of nitrogens with zero attached hydrogens (tertiary/aromatic N) is 4. The van der Waals surface area contributed by atoms with Crippen LogP contribution in [0.4, 0.5) is 5.69 Å². The van der Waals surface area contributed by atoms with Crippen LogP contribution in [0, 0.1) is 10.1 Å². The molecule has 1 aliphatic heterocycles. The van der Waals surface area contributed by atoms with Crippen molar-refractivity contribution in [3.05, 3.63) is 50.5 Å². The van der Waals surface area contributed by atoms with E-state index >= 15 is 0 Å². The molecule has 9 nitrogen and oxygen atoms in total. The molecule has 0 radical (unpaired) electrons. The quantitative estimate of drug-likeness (QED) is 0.488. The summed E-state index contributed by atoms with van der Waals surface area (Å²) in [6.45, 7) is 4.16. The Kier molecular flexibility index (Phi) is 6.90. The predicted molar refractivity (Wildman–Crippen MR) is 103 cm³/mol. The summed E-state index contributed by atoms with van der Waals surface area (Å²) in [5.41, 5.74) is 0.653. The number of hydrogen-bond acceptors (Lipinski definition) is 8. The van der Waals surface area contributed by atoms with Gasteiger partial charge in [-0.2, -0.15) is 0 Å². The molecule has 1 fully saturated rings. The molecule has 10 heteroatoms. The van der Waals surface area contributed by atoms with Crippen LogP contribution in [-0.2, 0) is 22.6 Å². The molecule has 1 saturated heterocycles. The SMILES string of the molecule is CN(Cc1csc(CN2CCOCC2)n1)C(=O)COc1ccccc1[N+](=O)[O-]. The number of ether oxygens (including phenoxy) is 2. The molecule has 0 saturated carbocycles. The maximum Gasteiger partial charge on any atom is 0.310 e. The summed E-state index contributed by atoms with van der Waals surface area (Å²) in [7, 11) is 1.66. The van der Waals surface area contributed by atoms with E-state index < -0.39 is 4.92 Å². The number of carbonyl (C=O) groups excluding carboxylic acids is 1. The van der Waals surface area contributed by atoms with Crippen LogP contribution >= 0.6 is 11.3 Å². The Labute approximate surface area is 166 Å². The van der Waals surface area contributed by atoms with Gasteiger partial charge < -0.3 is 14.4 Å². The molecule has 1 amide bonds. The highest BCUT2D eigenvalue weighted by atomic mass is 32.1. The maximum absolute atomic E-state index is 12.3. The number of aromatic nitrogens is 1. The fourth-order valence-corrected chi connectivity index (χ4v) is 3.58. The van der Waals surface area contributed by atoms with Gasteiger partial charge >= 0.3 is 5.69 Å². The molecule has 0 atom stereocenters. The zero-order chi connectivity index (χ0) is 19.9. The van der Waals surface area contributed by atoms with Crippen molar-refractivity contribution in [2.45, 2.75) is 13.1 Å². The number of rotatable bonds is 8. The molecule has 150 valence electrons. The molecule has 0 N–H and O–H groups in total. The van der Waals surface area contributed by atoms with Gasteiger partial charge in [0.1, 0.15) is 5.01 Å². The van der Waals surface area contributed by atoms with Crippen LogP contribution in [0.1, 0.15) is 10.7 Å². The number of morpholine rings is 1. The first-order valence-corrected chi connectivity index (χ1v) is 9.74. The number of amides is 1. The zero-order valence-electron chi connectivity index (χ0n) is 15.6. The Hall–Kier alpha value is -2.56. The Bertz CT molecular complexity index is 822. The number of nitro groups is 1. The van der Waals surface area contributed by atoms with E-state index in [9.17, 15) is 14.9 Å². The summed E-state index contributed by atoms with van der Waals surface area (Å²) in [6, 6.07) is 6.00. The van der Waals surface area contributed by atoms with Gasteiger partial charge in [-0.25, -0.2) is 4.98 Å². The van der Waals surface area contributed by atoms with Crippen molar-refractivity contribution in [3.8, 4) is 5.75 Å². The van der Waals surface area contributed by atoms with E-state index in [4.69, 9.17) is 9.47 Å². The highest BCUT2D eigenvalue weighted by Crippen LogP contribution is 2.25. The van der Waals surface area contributed by atoms with Crippen LogP contribution in [0.5, 0.6) is 5.75 Å². The zero-order valence-corrected chi connectivity index (χ0v) is 16.4. The lowest BCUT2D eigenvalue weighted by molar-refractivity contribution is -0.385. The average molecular weight is 406 g/mol. The maximum atomic E-state index is 12.3. The Morgan fingerprint density at radius 3 is 2.89 bits per heavy atom. The molecule has 0 spiro atoms. The van der Waals surface area contributed by atoms with Crippen LogP contribution in [0.2, 0.25) is 0 Å². The van der Waals surface area contributed by atoms with Crippen molar-refractivity contribution in [2.24, 2.45) is 0 Å². The van der Waals surface area contributed by atoms with Crippen molar-refractivity contribution >= 4 is 22.9 Å². The van der Waals surface area contributed by atoms with Gasteiger partial charge in [-0.3, -0.25) is 19.8 Å². The van der Waals surface area contributed by atoms with Crippen molar-refractivity contribution in [1.82, 2.24) is 14.8 Å². The van der Waals surface area contributed by atoms with Crippen LogP contribution in [-0.4, -0.2) is 65.6 Å². The highest BCUT2D eigenvalue weighted by molar-refractivity contribution is 7.09. The molecule has 0 aliphatic carbocycles. The molecule has 1 aromatic heterocycles. The molecule has 3 rings (SSSR count). The average Bonchev–Trinajstić information content (AvgIpc) is 3.13. The topological polar surface area (TPSA) is 98.0 Å². The van der Waals surface area contributed by atoms with Gasteiger partial charge in [0, 0.05) is 31.6 Å². The summed E-state index contributed by atoms with van der Waals surface area (Å²) >= 11 is 1.57. The minimum atomic E-state index is -0.533. The summed E-state index contributed by atoms with van der Waals surface area (Å²) < 4.78 is 10.7. The first kappa shape index (κ1) is 20.2. The molecular weight excluding hydrogens is 384 g/mol. The number of benzene rings is 1. The standard InChI is InChI=1S/C18H22N4O5S/c1-20(18(23)12-27-16-5-3-2-4-15(16)22(24)25)10-14-13-28-17(19-14)11-21-6-8-26-9-7-21/h2-5,13H,6-12H2,1H3. The van der Waals surface area contributed by atoms with Crippen LogP contribution in [0.25, 0.3) is 0 Å². The third-order valence-electron chi connectivity index (χ3n) is 4.30. The Morgan fingerprint density at radius 1 is 1.39 bits per heavy atom. The smallest absolute Gasteiger partial charge is 0.310 e. The number of thiazole rings is 1. The summed E-state index contributed by atoms with van der Waals surface area (Å²) in [5.74, 6) is -0.198. The van der Waals surface area contributed by atoms with Crippen LogP contribution in [0.3, 0.4) is 0 Å². The molecule has 2 heterocycles. The summed E-state index contributed by atoms with van der Waals surface area (Å²) in [4.78, 5) is 31.2. The minimum absolute atomic E-state index is 0.0794. The van der Waals surface area contributed by atoms with Gasteiger partial charge in [0.05, 0.1) is 36.9 Å². The lowest BCUT2D eigenvalue weighted by Gasteiger charge is -2.25. The van der Waals surface area contributed by atoms with Gasteiger partial charge in [-0.1, -0.05) is 12.1 Å². The van der Waals surface area contributed by atoms with Crippen molar-refractivity contribution in [1.29, 1.82) is 0 Å². The predicted octanol–water partition coefficient (Wildman–Crippen LogP) is 1.92. The van der Waals surface area contributed by atoms with Gasteiger partial charge in [0.15, 0.2) is 12.4 Å². The first-order chi connectivity index (χ1) is 13.5. The van der Waals surface area contributed by atoms with E-state index in [1.807, 2.05) is 5.38 Å². The van der Waals surface area contributed by atoms with Crippen LogP contribution < -0.4 is 4.74 Å². The van der Waals surface area contributed by atoms with E-state index in [0.29, 0.717) is 6.54 Å². The van der Waals surface area contributed by atoms with E-state index in [1.54, 1.807) is 30.5 Å². The third-order valence-corrected chi connectivity index (χ3v) is 5.18. The number of para-hydroxylation sites is 2. The van der Waals surface area contributed by atoms with Gasteiger partial charge in [-0.05, 0) is 6.07 Å². The Balaban J connectivity index is 1.50. The lowest BCUT2D eigenvalue weighted by atomic mass is 10.3. The second kappa shape index (κ2) is 9.58. The third kappa shape index (κ3) is 5.47. The molecule has 0 unspecified atom stereocenters. The molecule has 28 heavy (non-hydrogen) atoms. The fourth-order valence-electron chi connectivity index (χ4n) is 2.76. The number of likely N-dealkylation sites (N-methyl/N-ethyl adjacent to an activating group) is 1. The molecule has 0 bridgehead atoms. The lowest BCUT2D eigenvalue weighted by Crippen LogP contribution is -2.35. The number of hydrogen-bond donors (Lipinski definition) is 0. The summed E-state index contributed by atoms with van der Waals surface area (Å²) in [5, 5.41) is 14.0. The minimum Gasteiger partial charge on any atom is -0.477 e. The number of nitro benzene ring substituents is 1. The Morgan fingerprint density at radius 2 is 2.14 bits per heavy atom. The molecular formula is C18H22N4O5S. The largest absolute Gasteiger partial charge is 0.477 e. The van der Waals surface area contributed by atoms with E-state index in [2.05, 4.69) is 9.88 Å². The second-order valence-electron chi connectivity index (χ2n) is 6.38. The fraction of sp³-hybridized carbons (Fsp3) is 0.444. The van der Waals surface area contributed by atoms with Crippen LogP contribution in [0.15, 0.2) is 29.6 Å². The highest BCUT2D eigenvalue weighted by Gasteiger charge is 2.18. The first-order valence-electron chi connectivity index (χ1n) is 8.86.